The summed E-state index contributed by atoms with van der Waals surface area (Å²) in [5, 5.41) is 2.35. The molecule has 2 rings (SSSR count). The van der Waals surface area contributed by atoms with Gasteiger partial charge in [-0.3, -0.25) is 4.79 Å². The van der Waals surface area contributed by atoms with Gasteiger partial charge in [-0.05, 0) is 36.8 Å². The van der Waals surface area contributed by atoms with E-state index in [4.69, 9.17) is 0 Å². The second-order valence-corrected chi connectivity index (χ2v) is 4.83. The summed E-state index contributed by atoms with van der Waals surface area (Å²) in [7, 11) is 0. The zero-order valence-electron chi connectivity index (χ0n) is 9.88. The van der Waals surface area contributed by atoms with Crippen molar-refractivity contribution in [2.75, 3.05) is 5.32 Å². The lowest BCUT2D eigenvalue weighted by Gasteiger charge is -2.07. The number of aryl methyl sites for hydroxylation is 1. The molecule has 0 aliphatic heterocycles. The van der Waals surface area contributed by atoms with Crippen LogP contribution in [-0.4, -0.2) is 10.9 Å². The normalized spacial score (nSPS) is 10.3. The summed E-state index contributed by atoms with van der Waals surface area (Å²) >= 11 is 2.95. The number of aromatic nitrogens is 1. The molecule has 0 spiro atoms. The minimum atomic E-state index is -0.933. The van der Waals surface area contributed by atoms with Gasteiger partial charge < -0.3 is 5.32 Å². The Morgan fingerprint density at radius 2 is 1.89 bits per heavy atom. The number of amides is 1. The van der Waals surface area contributed by atoms with Gasteiger partial charge in [-0.25, -0.2) is 13.8 Å². The molecule has 0 atom stereocenters. The molecule has 0 saturated carbocycles. The van der Waals surface area contributed by atoms with Crippen LogP contribution in [0.5, 0.6) is 0 Å². The summed E-state index contributed by atoms with van der Waals surface area (Å²) in [6.07, 6.45) is 1.50. The first-order chi connectivity index (χ1) is 8.97. The van der Waals surface area contributed by atoms with Crippen LogP contribution in [0.2, 0.25) is 0 Å². The van der Waals surface area contributed by atoms with Crippen molar-refractivity contribution < 1.29 is 13.6 Å². The van der Waals surface area contributed by atoms with Gasteiger partial charge in [0.15, 0.2) is 0 Å². The molecule has 1 N–H and O–H groups in total. The molecule has 6 heteroatoms. The second kappa shape index (κ2) is 5.44. The Kier molecular flexibility index (Phi) is 3.90. The zero-order chi connectivity index (χ0) is 14.0. The number of benzene rings is 1. The SMILES string of the molecule is Cc1ccnc(NC(=O)c2c(F)cc(Br)cc2F)c1. The first-order valence-corrected chi connectivity index (χ1v) is 6.15. The minimum absolute atomic E-state index is 0.229. The number of nitrogens with one attached hydrogen (secondary N) is 1. The monoisotopic (exact) mass is 326 g/mol. The Hall–Kier alpha value is -1.82. The zero-order valence-corrected chi connectivity index (χ0v) is 11.5. The predicted octanol–water partition coefficient (Wildman–Crippen LogP) is 3.68. The van der Waals surface area contributed by atoms with Crippen LogP contribution in [0, 0.1) is 18.6 Å². The molecule has 0 bridgehead atoms. The van der Waals surface area contributed by atoms with E-state index in [9.17, 15) is 13.6 Å². The number of anilines is 1. The van der Waals surface area contributed by atoms with Gasteiger partial charge in [0.25, 0.3) is 5.91 Å². The maximum atomic E-state index is 13.6. The summed E-state index contributed by atoms with van der Waals surface area (Å²) in [5.41, 5.74) is 0.244. The molecule has 0 aliphatic carbocycles. The van der Waals surface area contributed by atoms with Crippen molar-refractivity contribution in [3.05, 3.63) is 57.7 Å². The van der Waals surface area contributed by atoms with E-state index < -0.39 is 23.1 Å². The fraction of sp³-hybridized carbons (Fsp3) is 0.0769. The Morgan fingerprint density at radius 3 is 2.47 bits per heavy atom. The molecule has 0 radical (unpaired) electrons. The van der Waals surface area contributed by atoms with Gasteiger partial charge in [-0.15, -0.1) is 0 Å². The summed E-state index contributed by atoms with van der Waals surface area (Å²) < 4.78 is 27.4. The van der Waals surface area contributed by atoms with Crippen molar-refractivity contribution in [1.29, 1.82) is 0 Å². The lowest BCUT2D eigenvalue weighted by Crippen LogP contribution is -2.16. The quantitative estimate of drug-likeness (QED) is 0.914. The first-order valence-electron chi connectivity index (χ1n) is 5.36. The summed E-state index contributed by atoms with van der Waals surface area (Å²) in [6.45, 7) is 1.82. The minimum Gasteiger partial charge on any atom is -0.306 e. The van der Waals surface area contributed by atoms with Gasteiger partial charge in [0.1, 0.15) is 23.0 Å². The molecule has 0 aliphatic rings. The predicted molar refractivity (Wildman–Crippen MR) is 71.0 cm³/mol. The smallest absolute Gasteiger partial charge is 0.262 e. The van der Waals surface area contributed by atoms with Crippen molar-refractivity contribution >= 4 is 27.7 Å². The third-order valence-electron chi connectivity index (χ3n) is 2.39. The number of rotatable bonds is 2. The highest BCUT2D eigenvalue weighted by molar-refractivity contribution is 9.10. The van der Waals surface area contributed by atoms with Crippen LogP contribution in [-0.2, 0) is 0 Å². The molecule has 1 heterocycles. The molecule has 19 heavy (non-hydrogen) atoms. The van der Waals surface area contributed by atoms with Crippen LogP contribution >= 0.6 is 15.9 Å². The Bertz CT molecular complexity index is 623. The fourth-order valence-electron chi connectivity index (χ4n) is 1.54. The van der Waals surface area contributed by atoms with Crippen molar-refractivity contribution in [2.24, 2.45) is 0 Å². The van der Waals surface area contributed by atoms with E-state index in [1.807, 2.05) is 6.92 Å². The number of carbonyl (C=O) groups excluding carboxylic acids is 1. The number of hydrogen-bond donors (Lipinski definition) is 1. The van der Waals surface area contributed by atoms with Gasteiger partial charge in [0, 0.05) is 10.7 Å². The Balaban J connectivity index is 2.31. The fourth-order valence-corrected chi connectivity index (χ4v) is 1.94. The first kappa shape index (κ1) is 13.6. The highest BCUT2D eigenvalue weighted by Gasteiger charge is 2.18. The largest absolute Gasteiger partial charge is 0.306 e. The van der Waals surface area contributed by atoms with Crippen LogP contribution in [0.25, 0.3) is 0 Å². The van der Waals surface area contributed by atoms with Crippen molar-refractivity contribution in [3.8, 4) is 0 Å². The van der Waals surface area contributed by atoms with Gasteiger partial charge in [0.05, 0.1) is 0 Å². The molecule has 2 aromatic rings. The van der Waals surface area contributed by atoms with E-state index in [0.29, 0.717) is 0 Å². The number of halogens is 3. The molecule has 1 aromatic carbocycles. The molecule has 0 unspecified atom stereocenters. The van der Waals surface area contributed by atoms with Crippen LogP contribution in [0.15, 0.2) is 34.9 Å². The molecule has 0 saturated heterocycles. The second-order valence-electron chi connectivity index (χ2n) is 3.92. The molecular formula is C13H9BrF2N2O. The number of pyridine rings is 1. The lowest BCUT2D eigenvalue weighted by molar-refractivity contribution is 0.101. The van der Waals surface area contributed by atoms with E-state index in [1.165, 1.54) is 6.20 Å². The average Bonchev–Trinajstić information content (AvgIpc) is 2.27. The Morgan fingerprint density at radius 1 is 1.26 bits per heavy atom. The molecular weight excluding hydrogens is 318 g/mol. The highest BCUT2D eigenvalue weighted by Crippen LogP contribution is 2.20. The number of nitrogens with zero attached hydrogens (tertiary/aromatic N) is 1. The van der Waals surface area contributed by atoms with Crippen molar-refractivity contribution in [1.82, 2.24) is 4.98 Å². The maximum absolute atomic E-state index is 13.6. The van der Waals surface area contributed by atoms with Gasteiger partial charge in [-0.1, -0.05) is 15.9 Å². The van der Waals surface area contributed by atoms with Crippen LogP contribution in [0.3, 0.4) is 0 Å². The standard InChI is InChI=1S/C13H9BrF2N2O/c1-7-2-3-17-11(4-7)18-13(19)12-9(15)5-8(14)6-10(12)16/h2-6H,1H3,(H,17,18,19). The number of carbonyl (C=O) groups is 1. The van der Waals surface area contributed by atoms with Crippen LogP contribution in [0.1, 0.15) is 15.9 Å². The van der Waals surface area contributed by atoms with Crippen molar-refractivity contribution in [3.63, 3.8) is 0 Å². The van der Waals surface area contributed by atoms with Crippen LogP contribution < -0.4 is 5.32 Å². The van der Waals surface area contributed by atoms with Gasteiger partial charge >= 0.3 is 0 Å². The van der Waals surface area contributed by atoms with Gasteiger partial charge in [-0.2, -0.15) is 0 Å². The number of hydrogen-bond acceptors (Lipinski definition) is 2. The summed E-state index contributed by atoms with van der Waals surface area (Å²) in [5.74, 6) is -2.50. The van der Waals surface area contributed by atoms with E-state index in [2.05, 4.69) is 26.2 Å². The van der Waals surface area contributed by atoms with E-state index >= 15 is 0 Å². The van der Waals surface area contributed by atoms with E-state index in [0.717, 1.165) is 17.7 Å². The molecule has 1 aromatic heterocycles. The average molecular weight is 327 g/mol. The van der Waals surface area contributed by atoms with Gasteiger partial charge in [0.2, 0.25) is 0 Å². The summed E-state index contributed by atoms with van der Waals surface area (Å²) in [4.78, 5) is 15.7. The highest BCUT2D eigenvalue weighted by atomic mass is 79.9. The molecule has 1 amide bonds. The third-order valence-corrected chi connectivity index (χ3v) is 2.85. The van der Waals surface area contributed by atoms with E-state index in [-0.39, 0.29) is 10.3 Å². The topological polar surface area (TPSA) is 42.0 Å². The maximum Gasteiger partial charge on any atom is 0.262 e. The lowest BCUT2D eigenvalue weighted by atomic mass is 10.2. The van der Waals surface area contributed by atoms with Crippen LogP contribution in [0.4, 0.5) is 14.6 Å². The molecule has 3 nitrogen and oxygen atoms in total. The Labute approximate surface area is 116 Å². The summed E-state index contributed by atoms with van der Waals surface area (Å²) in [6, 6.07) is 5.41. The molecule has 98 valence electrons. The van der Waals surface area contributed by atoms with Crippen molar-refractivity contribution in [2.45, 2.75) is 6.92 Å². The van der Waals surface area contributed by atoms with E-state index in [1.54, 1.807) is 12.1 Å². The third kappa shape index (κ3) is 3.14. The molecule has 0 fully saturated rings.